The molecule has 4 aromatic rings. The van der Waals surface area contributed by atoms with Gasteiger partial charge in [0.15, 0.2) is 16.9 Å². The van der Waals surface area contributed by atoms with E-state index in [0.717, 1.165) is 12.8 Å². The normalized spacial score (nSPS) is 14.6. The number of hydrogen-bond acceptors (Lipinski definition) is 8. The van der Waals surface area contributed by atoms with Crippen LogP contribution in [0.25, 0.3) is 21.9 Å². The molecule has 10 nitrogen and oxygen atoms in total. The van der Waals surface area contributed by atoms with Crippen molar-refractivity contribution in [2.24, 2.45) is 11.1 Å². The number of hydrogen-bond donors (Lipinski definition) is 3. The molecule has 10 heteroatoms. The number of ether oxygens (including phenoxy) is 1. The first-order valence-corrected chi connectivity index (χ1v) is 15.4. The molecule has 1 atom stereocenters. The van der Waals surface area contributed by atoms with Crippen molar-refractivity contribution in [3.63, 3.8) is 0 Å². The zero-order valence-electron chi connectivity index (χ0n) is 25.7. The third-order valence-electron chi connectivity index (χ3n) is 8.42. The van der Waals surface area contributed by atoms with Crippen LogP contribution in [0.3, 0.4) is 0 Å². The highest BCUT2D eigenvalue weighted by atomic mass is 16.5. The highest BCUT2D eigenvalue weighted by Gasteiger charge is 2.49. The van der Waals surface area contributed by atoms with Crippen molar-refractivity contribution in [1.82, 2.24) is 0 Å². The number of Topliss-reactive ketones (excluding diaryl/α,β-unsaturated/α-hetero) is 1. The minimum absolute atomic E-state index is 0.00183. The maximum absolute atomic E-state index is 14.1. The Balaban J connectivity index is 1.70. The van der Waals surface area contributed by atoms with Crippen LogP contribution in [0.5, 0.6) is 0 Å². The highest BCUT2D eigenvalue weighted by molar-refractivity contribution is 6.27. The molecule has 45 heavy (non-hydrogen) atoms. The van der Waals surface area contributed by atoms with Crippen LogP contribution in [0.4, 0.5) is 11.4 Å². The van der Waals surface area contributed by atoms with E-state index in [9.17, 15) is 24.0 Å². The summed E-state index contributed by atoms with van der Waals surface area (Å²) in [6, 6.07) is 13.4. The number of nitrogens with two attached hydrogens (primary N) is 1. The van der Waals surface area contributed by atoms with Crippen LogP contribution in [0, 0.1) is 5.41 Å². The molecule has 0 saturated heterocycles. The number of esters is 1. The first kappa shape index (κ1) is 31.6. The van der Waals surface area contributed by atoms with E-state index in [-0.39, 0.29) is 56.8 Å². The van der Waals surface area contributed by atoms with Gasteiger partial charge in [0.1, 0.15) is 11.5 Å². The standard InChI is InChI=1S/C35H37N3O7/c1-4-7-16-35(17-8-5-2)31(40)22-14-15-23-28(39)24-18-21(33(42)44-6-3)19-25(29(24)45-30(23)27(22)38-34(35)43)37-32(41)26(36)20-12-10-9-11-13-20/h9-15,18-19,26H,4-8,16-17,36H2,1-3H3,(H,37,41)(H,38,43). The van der Waals surface area contributed by atoms with Gasteiger partial charge in [-0.15, -0.1) is 0 Å². The molecule has 0 saturated carbocycles. The maximum atomic E-state index is 14.1. The van der Waals surface area contributed by atoms with Gasteiger partial charge >= 0.3 is 5.97 Å². The molecule has 4 N–H and O–H groups in total. The average Bonchev–Trinajstić information content (AvgIpc) is 3.05. The van der Waals surface area contributed by atoms with Gasteiger partial charge in [-0.05, 0) is 49.6 Å². The zero-order chi connectivity index (χ0) is 32.3. The van der Waals surface area contributed by atoms with Gasteiger partial charge in [0.25, 0.3) is 0 Å². The summed E-state index contributed by atoms with van der Waals surface area (Å²) < 4.78 is 11.5. The molecule has 234 valence electrons. The van der Waals surface area contributed by atoms with Crippen LogP contribution < -0.4 is 21.8 Å². The lowest BCUT2D eigenvalue weighted by molar-refractivity contribution is -0.124. The topological polar surface area (TPSA) is 158 Å². The summed E-state index contributed by atoms with van der Waals surface area (Å²) in [5.74, 6) is -2.02. The number of unbranched alkanes of at least 4 members (excludes halogenated alkanes) is 2. The molecule has 2 amide bonds. The Labute approximate surface area is 260 Å². The molecule has 1 unspecified atom stereocenters. The monoisotopic (exact) mass is 611 g/mol. The molecule has 0 radical (unpaired) electrons. The van der Waals surface area contributed by atoms with E-state index in [0.29, 0.717) is 31.2 Å². The molecule has 0 aliphatic carbocycles. The molecule has 5 rings (SSSR count). The van der Waals surface area contributed by atoms with Crippen LogP contribution in [0.2, 0.25) is 0 Å². The van der Waals surface area contributed by atoms with Crippen LogP contribution in [0.15, 0.2) is 63.8 Å². The van der Waals surface area contributed by atoms with Gasteiger partial charge in [0.2, 0.25) is 17.2 Å². The highest BCUT2D eigenvalue weighted by Crippen LogP contribution is 2.44. The number of anilines is 2. The number of amides is 2. The fourth-order valence-electron chi connectivity index (χ4n) is 5.91. The second-order valence-electron chi connectivity index (χ2n) is 11.4. The molecule has 1 aromatic heterocycles. The molecule has 1 aliphatic heterocycles. The number of carbonyl (C=O) groups excluding carboxylic acids is 4. The zero-order valence-corrected chi connectivity index (χ0v) is 25.7. The number of ketones is 1. The van der Waals surface area contributed by atoms with Gasteiger partial charge in [0, 0.05) is 5.56 Å². The molecular formula is C35H37N3O7. The van der Waals surface area contributed by atoms with E-state index in [1.807, 2.05) is 13.8 Å². The molecule has 2 heterocycles. The molecule has 0 fully saturated rings. The van der Waals surface area contributed by atoms with Crippen LogP contribution in [-0.4, -0.2) is 30.2 Å². The minimum atomic E-state index is -1.20. The Morgan fingerprint density at radius 2 is 1.62 bits per heavy atom. The molecule has 0 spiro atoms. The first-order valence-electron chi connectivity index (χ1n) is 15.4. The van der Waals surface area contributed by atoms with Crippen LogP contribution >= 0.6 is 0 Å². The molecular weight excluding hydrogens is 574 g/mol. The Morgan fingerprint density at radius 3 is 2.27 bits per heavy atom. The third kappa shape index (κ3) is 5.73. The van der Waals surface area contributed by atoms with Crippen LogP contribution in [-0.2, 0) is 14.3 Å². The predicted molar refractivity (Wildman–Crippen MR) is 172 cm³/mol. The lowest BCUT2D eigenvalue weighted by Crippen LogP contribution is -2.47. The number of rotatable bonds is 11. The Hall–Kier alpha value is -4.83. The van der Waals surface area contributed by atoms with Gasteiger partial charge < -0.3 is 25.5 Å². The smallest absolute Gasteiger partial charge is 0.338 e. The summed E-state index contributed by atoms with van der Waals surface area (Å²) >= 11 is 0. The van der Waals surface area contributed by atoms with E-state index < -0.39 is 34.7 Å². The molecule has 0 bridgehead atoms. The van der Waals surface area contributed by atoms with Gasteiger partial charge in [0.05, 0.1) is 34.3 Å². The number of benzene rings is 3. The summed E-state index contributed by atoms with van der Waals surface area (Å²) in [7, 11) is 0. The summed E-state index contributed by atoms with van der Waals surface area (Å²) in [5, 5.41) is 5.72. The fraction of sp³-hybridized carbons (Fsp3) is 0.343. The van der Waals surface area contributed by atoms with Crippen molar-refractivity contribution in [2.45, 2.75) is 65.3 Å². The predicted octanol–water partition coefficient (Wildman–Crippen LogP) is 6.26. The third-order valence-corrected chi connectivity index (χ3v) is 8.42. The largest absolute Gasteiger partial charge is 0.462 e. The van der Waals surface area contributed by atoms with E-state index in [1.165, 1.54) is 18.2 Å². The quantitative estimate of drug-likeness (QED) is 0.102. The Kier molecular flexibility index (Phi) is 9.15. The number of fused-ring (bicyclic) bond motifs is 4. The SMILES string of the molecule is CCCCC1(CCCC)C(=O)Nc2c(ccc3c(=O)c4cc(C(=O)OCC)cc(NC(=O)C(N)c5ccccc5)c4oc23)C1=O. The summed E-state index contributed by atoms with van der Waals surface area (Å²) in [5.41, 5.74) is 5.43. The first-order chi connectivity index (χ1) is 21.7. The van der Waals surface area contributed by atoms with Crippen molar-refractivity contribution < 1.29 is 28.3 Å². The van der Waals surface area contributed by atoms with Crippen molar-refractivity contribution >= 4 is 56.9 Å². The summed E-state index contributed by atoms with van der Waals surface area (Å²) in [6.07, 6.45) is 3.92. The number of carbonyl (C=O) groups is 4. The summed E-state index contributed by atoms with van der Waals surface area (Å²) in [6.45, 7) is 5.77. The molecule has 3 aromatic carbocycles. The second-order valence-corrected chi connectivity index (χ2v) is 11.4. The average molecular weight is 612 g/mol. The van der Waals surface area contributed by atoms with Gasteiger partial charge in [-0.1, -0.05) is 69.9 Å². The Morgan fingerprint density at radius 1 is 0.933 bits per heavy atom. The van der Waals surface area contributed by atoms with Gasteiger partial charge in [-0.25, -0.2) is 4.79 Å². The van der Waals surface area contributed by atoms with Crippen LogP contribution in [0.1, 0.15) is 91.6 Å². The van der Waals surface area contributed by atoms with Crippen molar-refractivity contribution in [3.8, 4) is 0 Å². The van der Waals surface area contributed by atoms with Crippen molar-refractivity contribution in [3.05, 3.63) is 81.5 Å². The van der Waals surface area contributed by atoms with Gasteiger partial charge in [-0.3, -0.25) is 19.2 Å². The second kappa shape index (κ2) is 13.0. The van der Waals surface area contributed by atoms with Crippen molar-refractivity contribution in [1.29, 1.82) is 0 Å². The van der Waals surface area contributed by atoms with Gasteiger partial charge in [-0.2, -0.15) is 0 Å². The van der Waals surface area contributed by atoms with E-state index >= 15 is 0 Å². The summed E-state index contributed by atoms with van der Waals surface area (Å²) in [4.78, 5) is 67.8. The van der Waals surface area contributed by atoms with E-state index in [4.69, 9.17) is 14.9 Å². The molecule has 1 aliphatic rings. The maximum Gasteiger partial charge on any atom is 0.338 e. The Bertz CT molecular complexity index is 1850. The van der Waals surface area contributed by atoms with E-state index in [2.05, 4.69) is 10.6 Å². The number of nitrogens with one attached hydrogen (secondary N) is 2. The van der Waals surface area contributed by atoms with Crippen molar-refractivity contribution in [2.75, 3.05) is 17.2 Å². The minimum Gasteiger partial charge on any atom is -0.462 e. The fourth-order valence-corrected chi connectivity index (χ4v) is 5.91. The lowest BCUT2D eigenvalue weighted by atomic mass is 9.69. The lowest BCUT2D eigenvalue weighted by Gasteiger charge is -2.35. The van der Waals surface area contributed by atoms with E-state index in [1.54, 1.807) is 43.3 Å².